The highest BCUT2D eigenvalue weighted by Crippen LogP contribution is 2.48. The minimum absolute atomic E-state index is 0.0162. The van der Waals surface area contributed by atoms with Crippen molar-refractivity contribution >= 4 is 5.91 Å². The van der Waals surface area contributed by atoms with E-state index in [2.05, 4.69) is 26.5 Å². The Balaban J connectivity index is 1.27. The third-order valence-electron chi connectivity index (χ3n) is 5.32. The normalized spacial score (nSPS) is 26.5. The van der Waals surface area contributed by atoms with Gasteiger partial charge < -0.3 is 5.32 Å². The Labute approximate surface area is 141 Å². The Bertz CT molecular complexity index is 720. The van der Waals surface area contributed by atoms with Crippen LogP contribution in [-0.2, 0) is 13.6 Å². The molecule has 1 amide bonds. The first-order valence-electron chi connectivity index (χ1n) is 8.53. The summed E-state index contributed by atoms with van der Waals surface area (Å²) < 4.78 is 1.86. The zero-order valence-corrected chi connectivity index (χ0v) is 14.0. The van der Waals surface area contributed by atoms with E-state index in [0.29, 0.717) is 17.0 Å². The molecule has 0 atom stereocenters. The van der Waals surface area contributed by atoms with Gasteiger partial charge in [0.25, 0.3) is 5.91 Å². The number of nitrogens with one attached hydrogen (secondary N) is 1. The number of amides is 1. The lowest BCUT2D eigenvalue weighted by atomic mass is 9.65. The van der Waals surface area contributed by atoms with Gasteiger partial charge in [-0.05, 0) is 43.4 Å². The highest BCUT2D eigenvalue weighted by molar-refractivity contribution is 5.94. The fourth-order valence-corrected chi connectivity index (χ4v) is 4.17. The van der Waals surface area contributed by atoms with Gasteiger partial charge in [0.2, 0.25) is 0 Å². The molecule has 1 saturated heterocycles. The van der Waals surface area contributed by atoms with Crippen molar-refractivity contribution in [2.24, 2.45) is 12.5 Å². The number of aromatic nitrogens is 3. The fourth-order valence-electron chi connectivity index (χ4n) is 4.17. The van der Waals surface area contributed by atoms with Gasteiger partial charge in [0.1, 0.15) is 0 Å². The molecule has 4 rings (SSSR count). The summed E-state index contributed by atoms with van der Waals surface area (Å²) >= 11 is 0. The number of rotatable bonds is 4. The molecule has 6 nitrogen and oxygen atoms in total. The Morgan fingerprint density at radius 1 is 1.38 bits per heavy atom. The molecular weight excluding hydrogens is 302 g/mol. The monoisotopic (exact) mass is 325 g/mol. The van der Waals surface area contributed by atoms with E-state index in [-0.39, 0.29) is 5.91 Å². The first kappa shape index (κ1) is 15.3. The second-order valence-corrected chi connectivity index (χ2v) is 7.30. The van der Waals surface area contributed by atoms with Crippen molar-refractivity contribution in [2.45, 2.75) is 31.8 Å². The molecule has 0 unspecified atom stereocenters. The quantitative estimate of drug-likeness (QED) is 0.927. The maximum absolute atomic E-state index is 12.2. The molecule has 1 saturated carbocycles. The molecule has 1 aliphatic carbocycles. The van der Waals surface area contributed by atoms with Crippen LogP contribution in [0.3, 0.4) is 0 Å². The average Bonchev–Trinajstić information content (AvgIpc) is 3.15. The Kier molecular flexibility index (Phi) is 3.84. The predicted octanol–water partition coefficient (Wildman–Crippen LogP) is 1.60. The molecular formula is C18H23N5O. The molecule has 1 spiro atoms. The minimum atomic E-state index is 0.0162. The molecule has 2 aliphatic rings. The van der Waals surface area contributed by atoms with Gasteiger partial charge in [-0.2, -0.15) is 5.10 Å². The third kappa shape index (κ3) is 3.06. The smallest absolute Gasteiger partial charge is 0.251 e. The molecule has 126 valence electrons. The molecule has 0 aromatic carbocycles. The van der Waals surface area contributed by atoms with Crippen molar-refractivity contribution in [1.29, 1.82) is 0 Å². The predicted molar refractivity (Wildman–Crippen MR) is 90.3 cm³/mol. The minimum Gasteiger partial charge on any atom is -0.349 e. The lowest BCUT2D eigenvalue weighted by Gasteiger charge is -2.45. The van der Waals surface area contributed by atoms with Crippen LogP contribution >= 0.6 is 0 Å². The molecule has 6 heteroatoms. The number of hydrogen-bond donors (Lipinski definition) is 1. The number of hydrogen-bond acceptors (Lipinski definition) is 4. The van der Waals surface area contributed by atoms with Crippen LogP contribution in [0.5, 0.6) is 0 Å². The van der Waals surface area contributed by atoms with Gasteiger partial charge in [-0.1, -0.05) is 0 Å². The maximum Gasteiger partial charge on any atom is 0.251 e. The van der Waals surface area contributed by atoms with E-state index < -0.39 is 0 Å². The van der Waals surface area contributed by atoms with Gasteiger partial charge in [0.15, 0.2) is 0 Å². The molecule has 0 bridgehead atoms. The van der Waals surface area contributed by atoms with Crippen LogP contribution in [0.1, 0.15) is 35.2 Å². The highest BCUT2D eigenvalue weighted by atomic mass is 16.1. The zero-order chi connectivity index (χ0) is 16.6. The number of likely N-dealkylation sites (tertiary alicyclic amines) is 1. The van der Waals surface area contributed by atoms with Crippen molar-refractivity contribution in [2.75, 3.05) is 13.1 Å². The summed E-state index contributed by atoms with van der Waals surface area (Å²) in [7, 11) is 1.96. The summed E-state index contributed by atoms with van der Waals surface area (Å²) in [6, 6.07) is 3.83. The van der Waals surface area contributed by atoms with Crippen LogP contribution in [0.25, 0.3) is 0 Å². The summed E-state index contributed by atoms with van der Waals surface area (Å²) in [4.78, 5) is 18.7. The SMILES string of the molecule is Cn1cc(CN2CCC3(CC(NC(=O)c4ccncc4)C3)C2)cn1. The standard InChI is InChI=1S/C18H23N5O/c1-22-11-14(10-20-22)12-23-7-4-18(13-23)8-16(9-18)21-17(24)15-2-5-19-6-3-15/h2-3,5-6,10-11,16H,4,7-9,12-13H2,1H3,(H,21,24). The summed E-state index contributed by atoms with van der Waals surface area (Å²) in [6.07, 6.45) is 10.8. The van der Waals surface area contributed by atoms with Crippen LogP contribution in [-0.4, -0.2) is 44.7 Å². The average molecular weight is 325 g/mol. The zero-order valence-electron chi connectivity index (χ0n) is 14.0. The molecule has 24 heavy (non-hydrogen) atoms. The van der Waals surface area contributed by atoms with Gasteiger partial charge in [-0.25, -0.2) is 0 Å². The van der Waals surface area contributed by atoms with Crippen LogP contribution in [0.2, 0.25) is 0 Å². The summed E-state index contributed by atoms with van der Waals surface area (Å²) in [5.41, 5.74) is 2.37. The molecule has 0 radical (unpaired) electrons. The van der Waals surface area contributed by atoms with Crippen molar-refractivity contribution in [3.63, 3.8) is 0 Å². The first-order chi connectivity index (χ1) is 11.6. The van der Waals surface area contributed by atoms with Crippen LogP contribution < -0.4 is 5.32 Å². The molecule has 2 fully saturated rings. The van der Waals surface area contributed by atoms with Gasteiger partial charge in [-0.3, -0.25) is 19.4 Å². The largest absolute Gasteiger partial charge is 0.349 e. The Hall–Kier alpha value is -2.21. The van der Waals surface area contributed by atoms with E-state index in [1.807, 2.05) is 17.9 Å². The lowest BCUT2D eigenvalue weighted by Crippen LogP contribution is -2.51. The number of pyridine rings is 1. The Morgan fingerprint density at radius 3 is 2.88 bits per heavy atom. The highest BCUT2D eigenvalue weighted by Gasteiger charge is 2.48. The van der Waals surface area contributed by atoms with E-state index in [1.54, 1.807) is 24.5 Å². The second-order valence-electron chi connectivity index (χ2n) is 7.30. The van der Waals surface area contributed by atoms with Crippen LogP contribution in [0.15, 0.2) is 36.9 Å². The fraction of sp³-hybridized carbons (Fsp3) is 0.500. The first-order valence-corrected chi connectivity index (χ1v) is 8.53. The van der Waals surface area contributed by atoms with E-state index in [0.717, 1.165) is 32.5 Å². The summed E-state index contributed by atoms with van der Waals surface area (Å²) in [6.45, 7) is 3.24. The Morgan fingerprint density at radius 2 is 2.17 bits per heavy atom. The number of carbonyl (C=O) groups is 1. The molecule has 1 aliphatic heterocycles. The van der Waals surface area contributed by atoms with Gasteiger partial charge in [-0.15, -0.1) is 0 Å². The molecule has 1 N–H and O–H groups in total. The number of aryl methyl sites for hydroxylation is 1. The summed E-state index contributed by atoms with van der Waals surface area (Å²) in [5, 5.41) is 7.39. The number of carbonyl (C=O) groups excluding carboxylic acids is 1. The van der Waals surface area contributed by atoms with Crippen molar-refractivity contribution < 1.29 is 4.79 Å². The molecule has 2 aromatic rings. The van der Waals surface area contributed by atoms with Crippen molar-refractivity contribution in [1.82, 2.24) is 25.0 Å². The van der Waals surface area contributed by atoms with Gasteiger partial charge in [0, 0.05) is 55.9 Å². The number of nitrogens with zero attached hydrogens (tertiary/aromatic N) is 4. The van der Waals surface area contributed by atoms with Gasteiger partial charge >= 0.3 is 0 Å². The van der Waals surface area contributed by atoms with Crippen LogP contribution in [0.4, 0.5) is 0 Å². The van der Waals surface area contributed by atoms with E-state index >= 15 is 0 Å². The van der Waals surface area contributed by atoms with Gasteiger partial charge in [0.05, 0.1) is 6.20 Å². The van der Waals surface area contributed by atoms with Crippen molar-refractivity contribution in [3.05, 3.63) is 48.0 Å². The third-order valence-corrected chi connectivity index (χ3v) is 5.32. The second kappa shape index (κ2) is 6.02. The summed E-state index contributed by atoms with van der Waals surface area (Å²) in [5.74, 6) is 0.0162. The van der Waals surface area contributed by atoms with E-state index in [4.69, 9.17) is 0 Å². The molecule has 3 heterocycles. The van der Waals surface area contributed by atoms with E-state index in [1.165, 1.54) is 12.0 Å². The topological polar surface area (TPSA) is 63.0 Å². The van der Waals surface area contributed by atoms with Crippen molar-refractivity contribution in [3.8, 4) is 0 Å². The lowest BCUT2D eigenvalue weighted by molar-refractivity contribution is 0.0694. The van der Waals surface area contributed by atoms with Crippen LogP contribution in [0, 0.1) is 5.41 Å². The maximum atomic E-state index is 12.2. The van der Waals surface area contributed by atoms with E-state index in [9.17, 15) is 4.79 Å². The molecule has 2 aromatic heterocycles.